The molecule has 146 valence electrons. The number of anilines is 1. The predicted octanol–water partition coefficient (Wildman–Crippen LogP) is 5.41. The normalized spacial score (nSPS) is 11.7. The fraction of sp³-hybridized carbons (Fsp3) is 0.500. The summed E-state index contributed by atoms with van der Waals surface area (Å²) in [6, 6.07) is 1.71. The summed E-state index contributed by atoms with van der Waals surface area (Å²) >= 11 is 14.5. The molecule has 1 atom stereocenters. The molecule has 1 rings (SSSR count). The number of methoxy groups -OCH3 is 2. The van der Waals surface area contributed by atoms with Gasteiger partial charge in [0, 0.05) is 25.1 Å². The van der Waals surface area contributed by atoms with E-state index in [0.29, 0.717) is 51.1 Å². The first-order valence-corrected chi connectivity index (χ1v) is 10.2. The van der Waals surface area contributed by atoms with Gasteiger partial charge in [-0.1, -0.05) is 36.7 Å². The van der Waals surface area contributed by atoms with Crippen LogP contribution in [-0.2, 0) is 0 Å². The molecular weight excluding hydrogens is 393 g/mol. The number of nitrogens with one attached hydrogen (secondary N) is 2. The average molecular weight is 420 g/mol. The number of hydrogen-bond acceptors (Lipinski definition) is 6. The van der Waals surface area contributed by atoms with Gasteiger partial charge in [0.15, 0.2) is 0 Å². The van der Waals surface area contributed by atoms with E-state index in [2.05, 4.69) is 18.8 Å². The molecule has 1 aromatic carbocycles. The second-order valence-corrected chi connectivity index (χ2v) is 7.39. The van der Waals surface area contributed by atoms with Crippen molar-refractivity contribution in [3.05, 3.63) is 28.5 Å². The van der Waals surface area contributed by atoms with Gasteiger partial charge in [-0.25, -0.2) is 0 Å². The summed E-state index contributed by atoms with van der Waals surface area (Å²) in [5.41, 5.74) is 0.594. The lowest BCUT2D eigenvalue weighted by atomic mass is 10.2. The van der Waals surface area contributed by atoms with Crippen LogP contribution in [0.4, 0.5) is 5.69 Å². The van der Waals surface area contributed by atoms with Crippen LogP contribution in [0.25, 0.3) is 0 Å². The maximum absolute atomic E-state index is 7.84. The number of thioether (sulfide) groups is 1. The first kappa shape index (κ1) is 22.8. The Hall–Kier alpha value is -1.24. The molecule has 0 fully saturated rings. The zero-order chi connectivity index (χ0) is 19.9. The van der Waals surface area contributed by atoms with Gasteiger partial charge < -0.3 is 19.7 Å². The quantitative estimate of drug-likeness (QED) is 0.392. The van der Waals surface area contributed by atoms with Crippen molar-refractivity contribution in [2.24, 2.45) is 0 Å². The van der Waals surface area contributed by atoms with Gasteiger partial charge in [-0.15, -0.1) is 11.8 Å². The van der Waals surface area contributed by atoms with Gasteiger partial charge in [0.05, 0.1) is 30.8 Å². The largest absolute Gasteiger partial charge is 0.495 e. The van der Waals surface area contributed by atoms with E-state index in [4.69, 9.17) is 38.1 Å². The molecule has 0 aliphatic carbocycles. The van der Waals surface area contributed by atoms with Crippen molar-refractivity contribution in [2.45, 2.75) is 32.7 Å². The molecule has 0 aliphatic heterocycles. The maximum atomic E-state index is 7.84. The molecule has 5 nitrogen and oxygen atoms in total. The van der Waals surface area contributed by atoms with Crippen molar-refractivity contribution in [1.29, 1.82) is 5.41 Å². The minimum atomic E-state index is 0.0480. The number of halogens is 2. The van der Waals surface area contributed by atoms with Gasteiger partial charge in [-0.2, -0.15) is 0 Å². The van der Waals surface area contributed by atoms with Crippen LogP contribution in [0.15, 0.2) is 18.5 Å². The molecule has 0 heterocycles. The highest BCUT2D eigenvalue weighted by Gasteiger charge is 2.24. The van der Waals surface area contributed by atoms with Crippen molar-refractivity contribution in [2.75, 3.05) is 31.9 Å². The second-order valence-electron chi connectivity index (χ2n) is 5.73. The smallest absolute Gasteiger partial charge is 0.143 e. The van der Waals surface area contributed by atoms with Crippen molar-refractivity contribution < 1.29 is 9.47 Å². The highest BCUT2D eigenvalue weighted by molar-refractivity contribution is 8.13. The fourth-order valence-electron chi connectivity index (χ4n) is 2.49. The molecule has 0 saturated carbocycles. The lowest BCUT2D eigenvalue weighted by molar-refractivity contribution is 0.394. The minimum absolute atomic E-state index is 0.0480. The molecule has 1 aromatic rings. The number of ether oxygens (including phenoxy) is 2. The van der Waals surface area contributed by atoms with Crippen LogP contribution >= 0.6 is 35.0 Å². The lowest BCUT2D eigenvalue weighted by Gasteiger charge is -2.31. The van der Waals surface area contributed by atoms with Crippen LogP contribution in [0, 0.1) is 5.41 Å². The van der Waals surface area contributed by atoms with Crippen molar-refractivity contribution in [1.82, 2.24) is 5.32 Å². The van der Waals surface area contributed by atoms with Crippen LogP contribution in [0.1, 0.15) is 26.7 Å². The third kappa shape index (κ3) is 5.63. The molecule has 26 heavy (non-hydrogen) atoms. The van der Waals surface area contributed by atoms with Crippen LogP contribution in [0.3, 0.4) is 0 Å². The van der Waals surface area contributed by atoms with Crippen molar-refractivity contribution >= 4 is 45.7 Å². The highest BCUT2D eigenvalue weighted by Crippen LogP contribution is 2.46. The standard InChI is InChI=1S/C18H27Cl2N3O2S/c1-7-8-23(12(3)22-11(2)9-15(21)26-6)18-16(19)13(24-4)10-14(25-5)17(18)20/h10-11,21-22H,3,7-9H2,1-2,4-6H3. The first-order valence-electron chi connectivity index (χ1n) is 8.24. The summed E-state index contributed by atoms with van der Waals surface area (Å²) in [4.78, 5) is 1.93. The number of rotatable bonds is 10. The van der Waals surface area contributed by atoms with Crippen LogP contribution in [0.5, 0.6) is 11.5 Å². The third-order valence-electron chi connectivity index (χ3n) is 3.74. The van der Waals surface area contributed by atoms with Gasteiger partial charge >= 0.3 is 0 Å². The number of hydrogen-bond donors (Lipinski definition) is 2. The molecule has 1 unspecified atom stereocenters. The molecule has 0 spiro atoms. The molecule has 8 heteroatoms. The average Bonchev–Trinajstić information content (AvgIpc) is 2.60. The second kappa shape index (κ2) is 10.8. The van der Waals surface area contributed by atoms with Gasteiger partial charge in [-0.3, -0.25) is 5.41 Å². The molecule has 0 saturated heterocycles. The maximum Gasteiger partial charge on any atom is 0.143 e. The van der Waals surface area contributed by atoms with E-state index in [9.17, 15) is 0 Å². The molecule has 0 aliphatic rings. The molecule has 0 aromatic heterocycles. The van der Waals surface area contributed by atoms with Crippen molar-refractivity contribution in [3.63, 3.8) is 0 Å². The van der Waals surface area contributed by atoms with Gasteiger partial charge in [0.1, 0.15) is 21.5 Å². The Bertz CT molecular complexity index is 628. The Morgan fingerprint density at radius 3 is 2.27 bits per heavy atom. The minimum Gasteiger partial charge on any atom is -0.495 e. The fourth-order valence-corrected chi connectivity index (χ4v) is 3.61. The Balaban J connectivity index is 3.24. The Labute approximate surface area is 170 Å². The van der Waals surface area contributed by atoms with Crippen LogP contribution < -0.4 is 19.7 Å². The van der Waals surface area contributed by atoms with E-state index >= 15 is 0 Å². The van der Waals surface area contributed by atoms with E-state index in [1.165, 1.54) is 11.8 Å². The van der Waals surface area contributed by atoms with Gasteiger partial charge in [0.25, 0.3) is 0 Å². The molecule has 0 amide bonds. The van der Waals surface area contributed by atoms with E-state index in [1.54, 1.807) is 20.3 Å². The van der Waals surface area contributed by atoms with E-state index in [-0.39, 0.29) is 6.04 Å². The number of nitrogens with zero attached hydrogens (tertiary/aromatic N) is 1. The summed E-state index contributed by atoms with van der Waals surface area (Å²) in [7, 11) is 3.09. The lowest BCUT2D eigenvalue weighted by Crippen LogP contribution is -2.37. The zero-order valence-electron chi connectivity index (χ0n) is 15.9. The first-order chi connectivity index (χ1) is 12.3. The molecular formula is C18H27Cl2N3O2S. The van der Waals surface area contributed by atoms with Gasteiger partial charge in [0.2, 0.25) is 0 Å². The Morgan fingerprint density at radius 1 is 1.31 bits per heavy atom. The van der Waals surface area contributed by atoms with Crippen LogP contribution in [0.2, 0.25) is 10.0 Å². The summed E-state index contributed by atoms with van der Waals surface area (Å²) in [5.74, 6) is 1.62. The van der Waals surface area contributed by atoms with E-state index < -0.39 is 0 Å². The highest BCUT2D eigenvalue weighted by atomic mass is 35.5. The third-order valence-corrected chi connectivity index (χ3v) is 5.13. The van der Waals surface area contributed by atoms with E-state index in [0.717, 1.165) is 6.42 Å². The molecule has 0 bridgehead atoms. The SMILES string of the molecule is C=C(NC(C)CC(=N)SC)N(CCC)c1c(Cl)c(OC)cc(OC)c1Cl. The van der Waals surface area contributed by atoms with Crippen LogP contribution in [-0.4, -0.2) is 38.1 Å². The van der Waals surface area contributed by atoms with E-state index in [1.807, 2.05) is 18.1 Å². The zero-order valence-corrected chi connectivity index (χ0v) is 18.2. The Kier molecular flexibility index (Phi) is 9.47. The summed E-state index contributed by atoms with van der Waals surface area (Å²) in [6.07, 6.45) is 3.38. The van der Waals surface area contributed by atoms with Gasteiger partial charge in [-0.05, 0) is 19.6 Å². The summed E-state index contributed by atoms with van der Waals surface area (Å²) in [5, 5.41) is 12.6. The topological polar surface area (TPSA) is 57.6 Å². The molecule has 0 radical (unpaired) electrons. The Morgan fingerprint density at radius 2 is 1.85 bits per heavy atom. The van der Waals surface area contributed by atoms with Crippen molar-refractivity contribution in [3.8, 4) is 11.5 Å². The molecule has 2 N–H and O–H groups in total. The summed E-state index contributed by atoms with van der Waals surface area (Å²) < 4.78 is 10.7. The monoisotopic (exact) mass is 419 g/mol. The number of benzene rings is 1. The summed E-state index contributed by atoms with van der Waals surface area (Å²) in [6.45, 7) is 8.89. The predicted molar refractivity (Wildman–Crippen MR) is 115 cm³/mol.